The highest BCUT2D eigenvalue weighted by Crippen LogP contribution is 2.08. The van der Waals surface area contributed by atoms with Gasteiger partial charge in [-0.05, 0) is 18.1 Å². The third-order valence-electron chi connectivity index (χ3n) is 2.39. The molecule has 1 N–H and O–H groups in total. The highest BCUT2D eigenvalue weighted by molar-refractivity contribution is 5.69. The second kappa shape index (κ2) is 4.62. The van der Waals surface area contributed by atoms with Crippen LogP contribution in [0.25, 0.3) is 12.2 Å². The first-order valence-corrected chi connectivity index (χ1v) is 5.19. The summed E-state index contributed by atoms with van der Waals surface area (Å²) in [6, 6.07) is 12.1. The molecular formula is C14H14NO+. The summed E-state index contributed by atoms with van der Waals surface area (Å²) in [6.07, 6.45) is 7.28. The molecule has 1 aromatic heterocycles. The van der Waals surface area contributed by atoms with Crippen LogP contribution in [-0.4, -0.2) is 5.21 Å². The molecule has 0 atom stereocenters. The number of pyridine rings is 1. The molecule has 1 aromatic carbocycles. The summed E-state index contributed by atoms with van der Waals surface area (Å²) in [5, 5.41) is 9.07. The zero-order valence-electron chi connectivity index (χ0n) is 9.17. The quantitative estimate of drug-likeness (QED) is 0.600. The smallest absolute Gasteiger partial charge is 0.222 e. The highest BCUT2D eigenvalue weighted by Gasteiger charge is 1.93. The zero-order valence-corrected chi connectivity index (χ0v) is 9.17. The van der Waals surface area contributed by atoms with E-state index < -0.39 is 0 Å². The van der Waals surface area contributed by atoms with Gasteiger partial charge in [0.2, 0.25) is 12.4 Å². The van der Waals surface area contributed by atoms with Crippen LogP contribution in [0, 0.1) is 6.92 Å². The maximum atomic E-state index is 9.07. The molecule has 0 aliphatic heterocycles. The number of aromatic nitrogens is 1. The summed E-state index contributed by atoms with van der Waals surface area (Å²) in [6.45, 7) is 2.07. The lowest BCUT2D eigenvalue weighted by Gasteiger charge is -1.94. The van der Waals surface area contributed by atoms with Gasteiger partial charge >= 0.3 is 0 Å². The van der Waals surface area contributed by atoms with E-state index in [-0.39, 0.29) is 0 Å². The third-order valence-corrected chi connectivity index (χ3v) is 2.39. The summed E-state index contributed by atoms with van der Waals surface area (Å²) < 4.78 is 1.03. The Morgan fingerprint density at radius 3 is 1.94 bits per heavy atom. The monoisotopic (exact) mass is 212 g/mol. The zero-order chi connectivity index (χ0) is 11.4. The van der Waals surface area contributed by atoms with E-state index in [1.54, 1.807) is 12.4 Å². The number of hydrogen-bond acceptors (Lipinski definition) is 1. The average Bonchev–Trinajstić information content (AvgIpc) is 2.30. The molecule has 0 unspecified atom stereocenters. The van der Waals surface area contributed by atoms with Crippen molar-refractivity contribution in [2.75, 3.05) is 0 Å². The molecule has 0 saturated heterocycles. The van der Waals surface area contributed by atoms with E-state index in [2.05, 4.69) is 37.3 Å². The maximum absolute atomic E-state index is 9.07. The summed E-state index contributed by atoms with van der Waals surface area (Å²) in [5.41, 5.74) is 3.50. The molecule has 0 spiro atoms. The lowest BCUT2D eigenvalue weighted by Crippen LogP contribution is -2.27. The van der Waals surface area contributed by atoms with E-state index in [4.69, 9.17) is 5.21 Å². The average molecular weight is 212 g/mol. The summed E-state index contributed by atoms with van der Waals surface area (Å²) >= 11 is 0. The molecule has 0 aliphatic carbocycles. The molecule has 2 rings (SSSR count). The molecule has 2 heteroatoms. The molecule has 0 aliphatic rings. The van der Waals surface area contributed by atoms with Crippen LogP contribution in [-0.2, 0) is 0 Å². The van der Waals surface area contributed by atoms with Crippen LogP contribution in [0.15, 0.2) is 48.8 Å². The van der Waals surface area contributed by atoms with Crippen LogP contribution in [0.3, 0.4) is 0 Å². The van der Waals surface area contributed by atoms with Crippen LogP contribution in [0.4, 0.5) is 0 Å². The van der Waals surface area contributed by atoms with Crippen molar-refractivity contribution in [3.63, 3.8) is 0 Å². The Bertz CT molecular complexity index is 436. The molecule has 1 heterocycles. The molecule has 0 bridgehead atoms. The lowest BCUT2D eigenvalue weighted by atomic mass is 10.1. The van der Waals surface area contributed by atoms with Gasteiger partial charge in [-0.25, -0.2) is 0 Å². The van der Waals surface area contributed by atoms with Crippen molar-refractivity contribution in [1.82, 2.24) is 0 Å². The number of benzene rings is 1. The molecule has 80 valence electrons. The maximum Gasteiger partial charge on any atom is 0.222 e. The number of hydrogen-bond donors (Lipinski definition) is 1. The minimum atomic E-state index is 1.03. The van der Waals surface area contributed by atoms with Crippen LogP contribution >= 0.6 is 0 Å². The van der Waals surface area contributed by atoms with Gasteiger partial charge in [0.05, 0.1) is 0 Å². The summed E-state index contributed by atoms with van der Waals surface area (Å²) in [7, 11) is 0. The minimum absolute atomic E-state index is 1.03. The van der Waals surface area contributed by atoms with Crippen molar-refractivity contribution in [2.45, 2.75) is 6.92 Å². The van der Waals surface area contributed by atoms with Gasteiger partial charge < -0.3 is 0 Å². The Labute approximate surface area is 95.1 Å². The van der Waals surface area contributed by atoms with Gasteiger partial charge in [-0.15, -0.1) is 0 Å². The van der Waals surface area contributed by atoms with Gasteiger partial charge in [-0.2, -0.15) is 0 Å². The van der Waals surface area contributed by atoms with Crippen molar-refractivity contribution >= 4 is 12.2 Å². The second-order valence-electron chi connectivity index (χ2n) is 3.76. The van der Waals surface area contributed by atoms with E-state index >= 15 is 0 Å². The van der Waals surface area contributed by atoms with Gasteiger partial charge in [-0.1, -0.05) is 42.0 Å². The van der Waals surface area contributed by atoms with E-state index in [1.807, 2.05) is 18.2 Å². The Morgan fingerprint density at radius 2 is 1.38 bits per heavy atom. The first-order chi connectivity index (χ1) is 7.74. The molecule has 0 amide bonds. The van der Waals surface area contributed by atoms with Crippen LogP contribution in [0.2, 0.25) is 0 Å². The first kappa shape index (κ1) is 10.4. The third kappa shape index (κ3) is 2.70. The van der Waals surface area contributed by atoms with Gasteiger partial charge in [0.15, 0.2) is 0 Å². The second-order valence-corrected chi connectivity index (χ2v) is 3.76. The van der Waals surface area contributed by atoms with E-state index in [9.17, 15) is 0 Å². The molecule has 2 nitrogen and oxygen atoms in total. The Morgan fingerprint density at radius 1 is 0.875 bits per heavy atom. The van der Waals surface area contributed by atoms with Crippen molar-refractivity contribution < 1.29 is 9.94 Å². The van der Waals surface area contributed by atoms with Gasteiger partial charge in [0.1, 0.15) is 0 Å². The van der Waals surface area contributed by atoms with Crippen molar-refractivity contribution in [3.05, 3.63) is 65.5 Å². The number of rotatable bonds is 2. The Kier molecular flexibility index (Phi) is 3.01. The first-order valence-electron chi connectivity index (χ1n) is 5.19. The minimum Gasteiger partial charge on any atom is -0.285 e. The van der Waals surface area contributed by atoms with E-state index in [0.29, 0.717) is 0 Å². The summed E-state index contributed by atoms with van der Waals surface area (Å²) in [4.78, 5) is 0. The lowest BCUT2D eigenvalue weighted by molar-refractivity contribution is -0.904. The van der Waals surface area contributed by atoms with Crippen molar-refractivity contribution in [3.8, 4) is 0 Å². The normalized spacial score (nSPS) is 10.8. The molecular weight excluding hydrogens is 198 g/mol. The number of aryl methyl sites for hydroxylation is 1. The standard InChI is InChI=1S/C14H14NO/c1-12-2-4-13(5-3-12)6-7-14-8-10-15(16)11-9-14/h2-11,16H,1H3/q+1/b7-6+. The fraction of sp³-hybridized carbons (Fsp3) is 0.0714. The topological polar surface area (TPSA) is 24.1 Å². The molecule has 16 heavy (non-hydrogen) atoms. The fourth-order valence-electron chi connectivity index (χ4n) is 1.41. The SMILES string of the molecule is Cc1ccc(/C=C/c2cc[n+](O)cc2)cc1. The van der Waals surface area contributed by atoms with Crippen LogP contribution < -0.4 is 4.73 Å². The Hall–Kier alpha value is -2.09. The van der Waals surface area contributed by atoms with Crippen molar-refractivity contribution in [1.29, 1.82) is 0 Å². The summed E-state index contributed by atoms with van der Waals surface area (Å²) in [5.74, 6) is 0. The molecule has 2 aromatic rings. The Balaban J connectivity index is 2.15. The van der Waals surface area contributed by atoms with Crippen LogP contribution in [0.5, 0.6) is 0 Å². The molecule has 0 saturated carbocycles. The molecule has 0 fully saturated rings. The predicted octanol–water partition coefficient (Wildman–Crippen LogP) is 2.69. The predicted molar refractivity (Wildman–Crippen MR) is 63.9 cm³/mol. The van der Waals surface area contributed by atoms with Gasteiger partial charge in [0, 0.05) is 16.9 Å². The highest BCUT2D eigenvalue weighted by atomic mass is 16.5. The molecule has 0 radical (unpaired) electrons. The van der Waals surface area contributed by atoms with Crippen molar-refractivity contribution in [2.24, 2.45) is 0 Å². The fourth-order valence-corrected chi connectivity index (χ4v) is 1.41. The van der Waals surface area contributed by atoms with Crippen LogP contribution in [0.1, 0.15) is 16.7 Å². The van der Waals surface area contributed by atoms with Gasteiger partial charge in [0.25, 0.3) is 0 Å². The number of nitrogens with zero attached hydrogens (tertiary/aromatic N) is 1. The largest absolute Gasteiger partial charge is 0.285 e. The van der Waals surface area contributed by atoms with Gasteiger partial charge in [-0.3, -0.25) is 5.21 Å². The van der Waals surface area contributed by atoms with E-state index in [1.165, 1.54) is 11.1 Å². The van der Waals surface area contributed by atoms with E-state index in [0.717, 1.165) is 10.3 Å².